The maximum atomic E-state index is 5.82. The molecule has 0 fully saturated rings. The van der Waals surface area contributed by atoms with Crippen molar-refractivity contribution in [3.05, 3.63) is 83.3 Å². The van der Waals surface area contributed by atoms with Crippen LogP contribution in [0.4, 0.5) is 0 Å². The van der Waals surface area contributed by atoms with Crippen LogP contribution in [0, 0.1) is 19.9 Å². The molecule has 1 aliphatic carbocycles. The van der Waals surface area contributed by atoms with Gasteiger partial charge in [0.2, 0.25) is 0 Å². The fourth-order valence-electron chi connectivity index (χ4n) is 3.73. The van der Waals surface area contributed by atoms with Crippen LogP contribution >= 0.6 is 0 Å². The Hall–Kier alpha value is -3.00. The maximum absolute atomic E-state index is 5.82. The van der Waals surface area contributed by atoms with Gasteiger partial charge in [-0.15, -0.1) is 0 Å². The highest BCUT2D eigenvalue weighted by Gasteiger charge is 2.24. The molecule has 4 aromatic rings. The number of furan rings is 2. The molecule has 2 aromatic heterocycles. The Morgan fingerprint density at radius 2 is 1.52 bits per heavy atom. The van der Waals surface area contributed by atoms with E-state index in [0.29, 0.717) is 0 Å². The van der Waals surface area contributed by atoms with E-state index in [-0.39, 0.29) is 0 Å². The molecule has 2 heterocycles. The quantitative estimate of drug-likeness (QED) is 0.386. The van der Waals surface area contributed by atoms with E-state index < -0.39 is 0 Å². The molecule has 2 nitrogen and oxygen atoms in total. The molecule has 1 aliphatic rings. The second-order valence-corrected chi connectivity index (χ2v) is 6.65. The molecule has 0 saturated carbocycles. The summed E-state index contributed by atoms with van der Waals surface area (Å²) in [7, 11) is 0. The van der Waals surface area contributed by atoms with Crippen LogP contribution < -0.4 is 0 Å². The molecular weight excluding hydrogens is 308 g/mol. The fraction of sp³-hybridized carbons (Fsp3) is 0.130. The van der Waals surface area contributed by atoms with Gasteiger partial charge in [-0.1, -0.05) is 24.3 Å². The lowest BCUT2D eigenvalue weighted by atomic mass is 9.93. The van der Waals surface area contributed by atoms with Gasteiger partial charge in [-0.25, -0.2) is 0 Å². The number of benzene rings is 2. The van der Waals surface area contributed by atoms with Crippen molar-refractivity contribution >= 4 is 0 Å². The number of aryl methyl sites for hydroxylation is 2. The zero-order valence-corrected chi connectivity index (χ0v) is 14.2. The van der Waals surface area contributed by atoms with Gasteiger partial charge in [-0.2, -0.15) is 0 Å². The van der Waals surface area contributed by atoms with Crippen LogP contribution in [-0.4, -0.2) is 0 Å². The first-order valence-corrected chi connectivity index (χ1v) is 8.49. The van der Waals surface area contributed by atoms with E-state index in [0.717, 1.165) is 40.2 Å². The molecule has 0 saturated heterocycles. The van der Waals surface area contributed by atoms with Gasteiger partial charge in [-0.3, -0.25) is 0 Å². The van der Waals surface area contributed by atoms with Crippen LogP contribution in [0.5, 0.6) is 0 Å². The molecule has 0 atom stereocenters. The van der Waals surface area contributed by atoms with Crippen molar-refractivity contribution in [1.29, 1.82) is 0 Å². The third-order valence-electron chi connectivity index (χ3n) is 5.03. The zero-order valence-electron chi connectivity index (χ0n) is 14.2. The Kier molecular flexibility index (Phi) is 3.01. The van der Waals surface area contributed by atoms with Crippen molar-refractivity contribution in [3.8, 4) is 33.8 Å². The van der Waals surface area contributed by atoms with Crippen molar-refractivity contribution < 1.29 is 8.83 Å². The predicted molar refractivity (Wildman–Crippen MR) is 98.4 cm³/mol. The van der Waals surface area contributed by atoms with E-state index in [2.05, 4.69) is 50.2 Å². The summed E-state index contributed by atoms with van der Waals surface area (Å²) < 4.78 is 11.6. The van der Waals surface area contributed by atoms with Crippen molar-refractivity contribution in [3.63, 3.8) is 0 Å². The van der Waals surface area contributed by atoms with Crippen LogP contribution in [-0.2, 0) is 6.42 Å². The Labute approximate surface area is 146 Å². The number of hydrogen-bond acceptors (Lipinski definition) is 2. The van der Waals surface area contributed by atoms with E-state index in [1.165, 1.54) is 22.3 Å². The van der Waals surface area contributed by atoms with E-state index in [4.69, 9.17) is 8.83 Å². The van der Waals surface area contributed by atoms with Crippen LogP contribution in [0.1, 0.15) is 22.3 Å². The van der Waals surface area contributed by atoms with Gasteiger partial charge in [-0.05, 0) is 77.9 Å². The van der Waals surface area contributed by atoms with Crippen LogP contribution in [0.15, 0.2) is 63.8 Å². The van der Waals surface area contributed by atoms with Gasteiger partial charge in [0.05, 0.1) is 12.5 Å². The van der Waals surface area contributed by atoms with E-state index in [1.54, 1.807) is 12.5 Å². The summed E-state index contributed by atoms with van der Waals surface area (Å²) in [6, 6.07) is 18.4. The summed E-state index contributed by atoms with van der Waals surface area (Å²) in [5, 5.41) is 0. The van der Waals surface area contributed by atoms with E-state index in [9.17, 15) is 0 Å². The van der Waals surface area contributed by atoms with Gasteiger partial charge in [0, 0.05) is 11.1 Å². The molecule has 0 bridgehead atoms. The lowest BCUT2D eigenvalue weighted by Crippen LogP contribution is -1.91. The molecule has 0 amide bonds. The smallest absolute Gasteiger partial charge is 0.138 e. The third kappa shape index (κ3) is 2.11. The first kappa shape index (κ1) is 14.4. The fourth-order valence-corrected chi connectivity index (χ4v) is 3.73. The van der Waals surface area contributed by atoms with Gasteiger partial charge in [0.15, 0.2) is 0 Å². The van der Waals surface area contributed by atoms with Gasteiger partial charge in [0.25, 0.3) is 0 Å². The minimum atomic E-state index is 0.865. The Morgan fingerprint density at radius 3 is 2.24 bits per heavy atom. The van der Waals surface area contributed by atoms with Crippen LogP contribution in [0.25, 0.3) is 33.8 Å². The molecule has 0 spiro atoms. The summed E-state index contributed by atoms with van der Waals surface area (Å²) in [4.78, 5) is 0. The van der Waals surface area contributed by atoms with Crippen LogP contribution in [0.3, 0.4) is 0 Å². The lowest BCUT2D eigenvalue weighted by molar-refractivity contribution is 0.574. The van der Waals surface area contributed by atoms with Crippen molar-refractivity contribution in [1.82, 2.24) is 0 Å². The SMILES string of the molecule is Cc1ccoc1-c1[c]c2c(cc1-c1occc1C)-c1ccccc1C2. The summed E-state index contributed by atoms with van der Waals surface area (Å²) in [5.41, 5.74) is 9.35. The minimum absolute atomic E-state index is 0.865. The summed E-state index contributed by atoms with van der Waals surface area (Å²) in [6.45, 7) is 4.13. The summed E-state index contributed by atoms with van der Waals surface area (Å²) in [6.07, 6.45) is 4.39. The second-order valence-electron chi connectivity index (χ2n) is 6.65. The summed E-state index contributed by atoms with van der Waals surface area (Å²) >= 11 is 0. The molecular formula is C23H17O2. The van der Waals surface area contributed by atoms with Gasteiger partial charge >= 0.3 is 0 Å². The minimum Gasteiger partial charge on any atom is -0.464 e. The molecule has 1 radical (unpaired) electrons. The Balaban J connectivity index is 1.82. The Bertz CT molecular complexity index is 1090. The molecule has 0 N–H and O–H groups in total. The molecule has 0 unspecified atom stereocenters. The highest BCUT2D eigenvalue weighted by molar-refractivity contribution is 5.89. The monoisotopic (exact) mass is 325 g/mol. The normalized spacial score (nSPS) is 12.2. The van der Waals surface area contributed by atoms with Crippen molar-refractivity contribution in [2.45, 2.75) is 20.3 Å². The third-order valence-corrected chi connectivity index (χ3v) is 5.03. The largest absolute Gasteiger partial charge is 0.464 e. The van der Waals surface area contributed by atoms with Crippen molar-refractivity contribution in [2.24, 2.45) is 0 Å². The highest BCUT2D eigenvalue weighted by atomic mass is 16.3. The molecule has 0 aliphatic heterocycles. The predicted octanol–water partition coefficient (Wildman–Crippen LogP) is 6.19. The van der Waals surface area contributed by atoms with Crippen LogP contribution in [0.2, 0.25) is 0 Å². The lowest BCUT2D eigenvalue weighted by Gasteiger charge is -2.11. The number of hydrogen-bond donors (Lipinski definition) is 0. The first-order chi connectivity index (χ1) is 12.2. The zero-order chi connectivity index (χ0) is 17.0. The van der Waals surface area contributed by atoms with E-state index in [1.807, 2.05) is 12.1 Å². The molecule has 2 aromatic carbocycles. The first-order valence-electron chi connectivity index (χ1n) is 8.49. The second kappa shape index (κ2) is 5.25. The van der Waals surface area contributed by atoms with Gasteiger partial charge in [0.1, 0.15) is 11.5 Å². The van der Waals surface area contributed by atoms with E-state index >= 15 is 0 Å². The van der Waals surface area contributed by atoms with Crippen molar-refractivity contribution in [2.75, 3.05) is 0 Å². The Morgan fingerprint density at radius 1 is 0.800 bits per heavy atom. The highest BCUT2D eigenvalue weighted by Crippen LogP contribution is 2.44. The molecule has 2 heteroatoms. The number of fused-ring (bicyclic) bond motifs is 3. The topological polar surface area (TPSA) is 26.3 Å². The molecule has 5 rings (SSSR count). The molecule has 25 heavy (non-hydrogen) atoms. The standard InChI is InChI=1S/C23H17O2/c1-14-7-9-24-22(14)20-12-17-11-16-5-3-4-6-18(16)19(17)13-21(20)23-15(2)8-10-25-23/h3-10,13H,11H2,1-2H3. The van der Waals surface area contributed by atoms with Gasteiger partial charge < -0.3 is 8.83 Å². The molecule has 121 valence electrons. The number of rotatable bonds is 2. The summed E-state index contributed by atoms with van der Waals surface area (Å²) in [5.74, 6) is 1.75. The average molecular weight is 325 g/mol. The maximum Gasteiger partial charge on any atom is 0.138 e. The average Bonchev–Trinajstić information content (AvgIpc) is 3.31.